The van der Waals surface area contributed by atoms with Crippen LogP contribution in [0.15, 0.2) is 91.1 Å². The Balaban J connectivity index is 1.23. The molecule has 10 heteroatoms. The van der Waals surface area contributed by atoms with Gasteiger partial charge in [0.05, 0.1) is 27.0 Å². The summed E-state index contributed by atoms with van der Waals surface area (Å²) in [7, 11) is 4.84. The fourth-order valence-electron chi connectivity index (χ4n) is 6.92. The van der Waals surface area contributed by atoms with E-state index in [1.165, 1.54) is 0 Å². The van der Waals surface area contributed by atoms with E-state index in [1.807, 2.05) is 53.2 Å². The number of aliphatic carboxylic acids is 1. The first kappa shape index (κ1) is 36.3. The molecular formula is C42H47N3O7. The first-order valence-electron chi connectivity index (χ1n) is 17.7. The van der Waals surface area contributed by atoms with Gasteiger partial charge in [-0.05, 0) is 49.2 Å². The predicted octanol–water partition coefficient (Wildman–Crippen LogP) is 7.40. The highest BCUT2D eigenvalue weighted by molar-refractivity contribution is 6.17. The molecule has 0 bridgehead atoms. The molecule has 0 spiro atoms. The summed E-state index contributed by atoms with van der Waals surface area (Å²) < 4.78 is 26.1. The van der Waals surface area contributed by atoms with Crippen molar-refractivity contribution in [1.29, 1.82) is 0 Å². The largest absolute Gasteiger partial charge is 0.495 e. The monoisotopic (exact) mass is 705 g/mol. The number of carboxylic acids is 1. The molecule has 4 aromatic carbocycles. The third-order valence-electron chi connectivity index (χ3n) is 9.76. The lowest BCUT2D eigenvalue weighted by Gasteiger charge is -2.37. The van der Waals surface area contributed by atoms with E-state index in [9.17, 15) is 9.59 Å². The number of methoxy groups -OCH3 is 3. The number of carbonyl (C=O) groups is 2. The van der Waals surface area contributed by atoms with E-state index >= 15 is 0 Å². The molecule has 1 N–H and O–H groups in total. The van der Waals surface area contributed by atoms with Gasteiger partial charge in [-0.25, -0.2) is 0 Å². The van der Waals surface area contributed by atoms with Gasteiger partial charge in [-0.1, -0.05) is 60.2 Å². The minimum absolute atomic E-state index is 0.0514. The van der Waals surface area contributed by atoms with Crippen molar-refractivity contribution >= 4 is 28.3 Å². The maximum Gasteiger partial charge on any atom is 0.303 e. The van der Waals surface area contributed by atoms with E-state index < -0.39 is 5.97 Å². The van der Waals surface area contributed by atoms with Crippen LogP contribution >= 0.6 is 0 Å². The topological polar surface area (TPSA) is 103 Å². The molecule has 1 aromatic heterocycles. The Morgan fingerprint density at radius 1 is 0.788 bits per heavy atom. The predicted molar refractivity (Wildman–Crippen MR) is 203 cm³/mol. The molecule has 0 saturated carbocycles. The number of hydrogen-bond acceptors (Lipinski definition) is 8. The van der Waals surface area contributed by atoms with Gasteiger partial charge in [0.15, 0.2) is 17.3 Å². The molecule has 6 rings (SSSR count). The molecular weight excluding hydrogens is 658 g/mol. The number of aromatic nitrogens is 1. The van der Waals surface area contributed by atoms with E-state index in [-0.39, 0.29) is 18.3 Å². The van der Waals surface area contributed by atoms with Crippen LogP contribution in [0.1, 0.15) is 52.4 Å². The molecule has 0 radical (unpaired) electrons. The van der Waals surface area contributed by atoms with Crippen LogP contribution in [0, 0.1) is 6.92 Å². The van der Waals surface area contributed by atoms with Crippen molar-refractivity contribution in [2.24, 2.45) is 0 Å². The molecule has 1 saturated heterocycles. The van der Waals surface area contributed by atoms with Crippen molar-refractivity contribution in [1.82, 2.24) is 9.47 Å². The number of piperazine rings is 1. The number of anilines is 1. The van der Waals surface area contributed by atoms with Crippen LogP contribution < -0.4 is 23.8 Å². The minimum atomic E-state index is -0.845. The van der Waals surface area contributed by atoms with E-state index in [1.54, 1.807) is 33.5 Å². The molecule has 1 fully saturated rings. The number of ketones is 1. The van der Waals surface area contributed by atoms with Gasteiger partial charge in [0.1, 0.15) is 11.9 Å². The third-order valence-corrected chi connectivity index (χ3v) is 9.76. The fraction of sp³-hybridized carbons (Fsp3) is 0.333. The van der Waals surface area contributed by atoms with Crippen LogP contribution in [-0.4, -0.2) is 80.4 Å². The zero-order valence-corrected chi connectivity index (χ0v) is 30.3. The number of ether oxygens (including phenoxy) is 4. The molecule has 0 aliphatic carbocycles. The first-order chi connectivity index (χ1) is 25.3. The second-order valence-electron chi connectivity index (χ2n) is 13.1. The fourth-order valence-corrected chi connectivity index (χ4v) is 6.92. The zero-order valence-electron chi connectivity index (χ0n) is 30.3. The average Bonchev–Trinajstić information content (AvgIpc) is 3.54. The summed E-state index contributed by atoms with van der Waals surface area (Å²) in [4.78, 5) is 30.1. The van der Waals surface area contributed by atoms with Crippen molar-refractivity contribution in [3.8, 4) is 23.0 Å². The summed E-state index contributed by atoms with van der Waals surface area (Å²) in [5, 5.41) is 9.94. The highest BCUT2D eigenvalue weighted by atomic mass is 16.5. The minimum Gasteiger partial charge on any atom is -0.495 e. The van der Waals surface area contributed by atoms with Crippen LogP contribution in [0.25, 0.3) is 10.9 Å². The number of rotatable bonds is 16. The normalized spacial score (nSPS) is 13.9. The summed E-state index contributed by atoms with van der Waals surface area (Å²) in [6, 6.07) is 27.6. The van der Waals surface area contributed by atoms with Gasteiger partial charge in [0, 0.05) is 80.3 Å². The number of aryl methyl sites for hydroxylation is 2. The smallest absolute Gasteiger partial charge is 0.303 e. The number of nitrogens with zero attached hydrogens (tertiary/aromatic N) is 3. The number of benzene rings is 4. The Labute approximate surface area is 305 Å². The van der Waals surface area contributed by atoms with E-state index in [4.69, 9.17) is 24.1 Å². The Morgan fingerprint density at radius 2 is 1.44 bits per heavy atom. The van der Waals surface area contributed by atoms with Crippen molar-refractivity contribution < 1.29 is 33.6 Å². The highest BCUT2D eigenvalue weighted by Crippen LogP contribution is 2.43. The number of carboxylic acid groups (broad SMARTS) is 1. The van der Waals surface area contributed by atoms with Crippen molar-refractivity contribution in [2.45, 2.75) is 38.8 Å². The highest BCUT2D eigenvalue weighted by Gasteiger charge is 2.26. The molecule has 2 heterocycles. The summed E-state index contributed by atoms with van der Waals surface area (Å²) in [6.45, 7) is 7.00. The van der Waals surface area contributed by atoms with Crippen molar-refractivity contribution in [3.05, 3.63) is 113 Å². The lowest BCUT2D eigenvalue weighted by molar-refractivity contribution is -0.137. The van der Waals surface area contributed by atoms with Crippen molar-refractivity contribution in [2.75, 3.05) is 59.0 Å². The van der Waals surface area contributed by atoms with Gasteiger partial charge in [0.25, 0.3) is 0 Å². The Morgan fingerprint density at radius 3 is 2.12 bits per heavy atom. The summed E-state index contributed by atoms with van der Waals surface area (Å²) in [5.74, 6) is 1.08. The molecule has 272 valence electrons. The van der Waals surface area contributed by atoms with Gasteiger partial charge in [-0.3, -0.25) is 14.5 Å². The quantitative estimate of drug-likeness (QED) is 0.105. The second-order valence-corrected chi connectivity index (χ2v) is 13.1. The zero-order chi connectivity index (χ0) is 36.6. The van der Waals surface area contributed by atoms with Gasteiger partial charge in [0.2, 0.25) is 5.75 Å². The van der Waals surface area contributed by atoms with Crippen LogP contribution in [0.3, 0.4) is 0 Å². The molecule has 5 aromatic rings. The Bertz CT molecular complexity index is 1970. The second kappa shape index (κ2) is 16.7. The van der Waals surface area contributed by atoms with Gasteiger partial charge in [-0.2, -0.15) is 0 Å². The van der Waals surface area contributed by atoms with Gasteiger partial charge in [-0.15, -0.1) is 0 Å². The van der Waals surface area contributed by atoms with Crippen LogP contribution in [0.4, 0.5) is 5.69 Å². The lowest BCUT2D eigenvalue weighted by Crippen LogP contribution is -2.47. The first-order valence-corrected chi connectivity index (χ1v) is 17.7. The van der Waals surface area contributed by atoms with Gasteiger partial charge >= 0.3 is 5.97 Å². The summed E-state index contributed by atoms with van der Waals surface area (Å²) in [5.41, 5.74) is 5.11. The standard InChI is InChI=1S/C42H47N3O7/c1-29-15-17-30(18-16-29)36(19-21-43-22-24-44(25-23-43)35-12-7-8-13-37(35)49-2)52-42-38(50-3)26-31(27-39(42)51-4)41(48)33-28-45(20-9-14-40(46)47)34-11-6-5-10-32(33)34/h5-8,10-13,15-18,26-28,36H,9,14,19-25H2,1-4H3,(H,46,47). The van der Waals surface area contributed by atoms with E-state index in [0.717, 1.165) is 72.6 Å². The molecule has 0 amide bonds. The Hall–Kier alpha value is -5.48. The van der Waals surface area contributed by atoms with Crippen LogP contribution in [0.2, 0.25) is 0 Å². The SMILES string of the molecule is COc1ccccc1N1CCN(CCC(Oc2c(OC)cc(C(=O)c3cn(CCCC(=O)O)c4ccccc34)cc2OC)c2ccc(C)cc2)CC1. The Kier molecular flexibility index (Phi) is 11.7. The van der Waals surface area contributed by atoms with E-state index in [2.05, 4.69) is 47.1 Å². The summed E-state index contributed by atoms with van der Waals surface area (Å²) in [6.07, 6.45) is 2.74. The number of carbonyl (C=O) groups excluding carboxylic acids is 1. The lowest BCUT2D eigenvalue weighted by atomic mass is 10.0. The van der Waals surface area contributed by atoms with Crippen LogP contribution in [-0.2, 0) is 11.3 Å². The molecule has 10 nitrogen and oxygen atoms in total. The molecule has 52 heavy (non-hydrogen) atoms. The number of hydrogen-bond donors (Lipinski definition) is 1. The maximum absolute atomic E-state index is 14.1. The number of para-hydroxylation sites is 3. The van der Waals surface area contributed by atoms with Crippen molar-refractivity contribution in [3.63, 3.8) is 0 Å². The molecule has 1 unspecified atom stereocenters. The third kappa shape index (κ3) is 8.18. The maximum atomic E-state index is 14.1. The summed E-state index contributed by atoms with van der Waals surface area (Å²) >= 11 is 0. The average molecular weight is 706 g/mol. The van der Waals surface area contributed by atoms with Crippen LogP contribution in [0.5, 0.6) is 23.0 Å². The molecule has 1 atom stereocenters. The molecule has 1 aliphatic rings. The number of fused-ring (bicyclic) bond motifs is 1. The van der Waals surface area contributed by atoms with E-state index in [0.29, 0.717) is 41.3 Å². The molecule has 1 aliphatic heterocycles. The van der Waals surface area contributed by atoms with Gasteiger partial charge < -0.3 is 33.5 Å².